The van der Waals surface area contributed by atoms with Crippen molar-refractivity contribution in [3.05, 3.63) is 29.6 Å². The van der Waals surface area contributed by atoms with Gasteiger partial charge in [-0.15, -0.1) is 0 Å². The van der Waals surface area contributed by atoms with Crippen molar-refractivity contribution in [2.24, 2.45) is 5.41 Å². The summed E-state index contributed by atoms with van der Waals surface area (Å²) < 4.78 is 37.8. The standard InChI is InChI=1S/C11H14F3N/c1-10(2,3)7-9-8(11(12,13)14)5-4-6-15-9/h4-6H,7H2,1-3H3. The van der Waals surface area contributed by atoms with Gasteiger partial charge in [0.1, 0.15) is 0 Å². The number of hydrogen-bond acceptors (Lipinski definition) is 1. The van der Waals surface area contributed by atoms with Crippen LogP contribution >= 0.6 is 0 Å². The largest absolute Gasteiger partial charge is 0.418 e. The lowest BCUT2D eigenvalue weighted by Crippen LogP contribution is -2.16. The van der Waals surface area contributed by atoms with Gasteiger partial charge in [-0.2, -0.15) is 13.2 Å². The molecule has 0 aliphatic heterocycles. The molecule has 0 amide bonds. The van der Waals surface area contributed by atoms with E-state index < -0.39 is 11.7 Å². The van der Waals surface area contributed by atoms with Crippen molar-refractivity contribution >= 4 is 0 Å². The summed E-state index contributed by atoms with van der Waals surface area (Å²) >= 11 is 0. The first-order chi connectivity index (χ1) is 6.70. The molecule has 4 heteroatoms. The number of hydrogen-bond donors (Lipinski definition) is 0. The molecule has 0 saturated heterocycles. The molecule has 0 atom stereocenters. The van der Waals surface area contributed by atoms with Crippen LogP contribution in [0, 0.1) is 5.41 Å². The Balaban J connectivity index is 3.08. The fraction of sp³-hybridized carbons (Fsp3) is 0.545. The molecule has 0 aliphatic rings. The maximum atomic E-state index is 12.6. The van der Waals surface area contributed by atoms with Gasteiger partial charge in [-0.05, 0) is 24.0 Å². The fourth-order valence-electron chi connectivity index (χ4n) is 1.34. The van der Waals surface area contributed by atoms with Gasteiger partial charge >= 0.3 is 6.18 Å². The van der Waals surface area contributed by atoms with E-state index in [4.69, 9.17) is 0 Å². The van der Waals surface area contributed by atoms with Gasteiger partial charge in [-0.3, -0.25) is 4.98 Å². The Morgan fingerprint density at radius 3 is 2.27 bits per heavy atom. The van der Waals surface area contributed by atoms with Crippen LogP contribution in [0.25, 0.3) is 0 Å². The third-order valence-electron chi connectivity index (χ3n) is 1.89. The molecule has 0 saturated carbocycles. The molecule has 1 aromatic heterocycles. The quantitative estimate of drug-likeness (QED) is 0.699. The van der Waals surface area contributed by atoms with Gasteiger partial charge in [0.25, 0.3) is 0 Å². The number of pyridine rings is 1. The molecular formula is C11H14F3N. The Morgan fingerprint density at radius 2 is 1.80 bits per heavy atom. The first kappa shape index (κ1) is 12.0. The van der Waals surface area contributed by atoms with E-state index in [2.05, 4.69) is 4.98 Å². The first-order valence-corrected chi connectivity index (χ1v) is 4.71. The highest BCUT2D eigenvalue weighted by atomic mass is 19.4. The normalized spacial score (nSPS) is 12.9. The van der Waals surface area contributed by atoms with Crippen LogP contribution < -0.4 is 0 Å². The van der Waals surface area contributed by atoms with E-state index in [9.17, 15) is 13.2 Å². The summed E-state index contributed by atoms with van der Waals surface area (Å²) in [4.78, 5) is 3.81. The molecule has 1 aromatic rings. The summed E-state index contributed by atoms with van der Waals surface area (Å²) in [5, 5.41) is 0. The summed E-state index contributed by atoms with van der Waals surface area (Å²) in [7, 11) is 0. The first-order valence-electron chi connectivity index (χ1n) is 4.71. The molecule has 0 aromatic carbocycles. The summed E-state index contributed by atoms with van der Waals surface area (Å²) in [6, 6.07) is 2.39. The number of aromatic nitrogens is 1. The Hall–Kier alpha value is -1.06. The van der Waals surface area contributed by atoms with E-state index in [1.54, 1.807) is 0 Å². The molecule has 1 nitrogen and oxygen atoms in total. The predicted molar refractivity (Wildman–Crippen MR) is 52.4 cm³/mol. The van der Waals surface area contributed by atoms with Crippen molar-refractivity contribution < 1.29 is 13.2 Å². The van der Waals surface area contributed by atoms with Gasteiger partial charge in [0.2, 0.25) is 0 Å². The lowest BCUT2D eigenvalue weighted by Gasteiger charge is -2.20. The molecule has 84 valence electrons. The smallest absolute Gasteiger partial charge is 0.261 e. The lowest BCUT2D eigenvalue weighted by atomic mass is 9.89. The second kappa shape index (κ2) is 3.83. The minimum Gasteiger partial charge on any atom is -0.261 e. The summed E-state index contributed by atoms with van der Waals surface area (Å²) in [6.45, 7) is 5.67. The molecule has 0 unspecified atom stereocenters. The van der Waals surface area contributed by atoms with E-state index in [0.29, 0.717) is 6.42 Å². The Kier molecular flexibility index (Phi) is 3.07. The third kappa shape index (κ3) is 3.53. The van der Waals surface area contributed by atoms with Crippen LogP contribution in [0.1, 0.15) is 32.0 Å². The van der Waals surface area contributed by atoms with Crippen molar-refractivity contribution in [2.75, 3.05) is 0 Å². The summed E-state index contributed by atoms with van der Waals surface area (Å²) in [5.74, 6) is 0. The van der Waals surface area contributed by atoms with E-state index in [0.717, 1.165) is 6.07 Å². The zero-order valence-electron chi connectivity index (χ0n) is 9.02. The number of rotatable bonds is 1. The highest BCUT2D eigenvalue weighted by Crippen LogP contribution is 2.33. The average Bonchev–Trinajstić information content (AvgIpc) is 1.99. The van der Waals surface area contributed by atoms with Crippen LogP contribution in [-0.2, 0) is 12.6 Å². The van der Waals surface area contributed by atoms with Crippen LogP contribution in [0.2, 0.25) is 0 Å². The monoisotopic (exact) mass is 217 g/mol. The highest BCUT2D eigenvalue weighted by Gasteiger charge is 2.34. The van der Waals surface area contributed by atoms with Gasteiger partial charge in [-0.1, -0.05) is 20.8 Å². The summed E-state index contributed by atoms with van der Waals surface area (Å²) in [6.07, 6.45) is -2.59. The molecule has 15 heavy (non-hydrogen) atoms. The molecular weight excluding hydrogens is 203 g/mol. The topological polar surface area (TPSA) is 12.9 Å². The van der Waals surface area contributed by atoms with Crippen LogP contribution in [-0.4, -0.2) is 4.98 Å². The summed E-state index contributed by atoms with van der Waals surface area (Å²) in [5.41, 5.74) is -0.702. The minimum atomic E-state index is -4.31. The Morgan fingerprint density at radius 1 is 1.20 bits per heavy atom. The van der Waals surface area contributed by atoms with E-state index in [-0.39, 0.29) is 11.1 Å². The van der Waals surface area contributed by atoms with Gasteiger partial charge in [0.05, 0.1) is 11.3 Å². The molecule has 0 N–H and O–H groups in total. The van der Waals surface area contributed by atoms with Gasteiger partial charge in [0, 0.05) is 6.20 Å². The van der Waals surface area contributed by atoms with Crippen molar-refractivity contribution in [1.82, 2.24) is 4.98 Å². The van der Waals surface area contributed by atoms with Gasteiger partial charge < -0.3 is 0 Å². The number of halogens is 3. The SMILES string of the molecule is CC(C)(C)Cc1ncccc1C(F)(F)F. The Bertz CT molecular complexity index is 336. The molecule has 1 heterocycles. The second-order valence-electron chi connectivity index (χ2n) is 4.73. The number of nitrogens with zero attached hydrogens (tertiary/aromatic N) is 1. The van der Waals surface area contributed by atoms with Gasteiger partial charge in [0.15, 0.2) is 0 Å². The lowest BCUT2D eigenvalue weighted by molar-refractivity contribution is -0.138. The zero-order valence-corrected chi connectivity index (χ0v) is 9.02. The van der Waals surface area contributed by atoms with Crippen LogP contribution in [0.5, 0.6) is 0 Å². The molecule has 0 spiro atoms. The van der Waals surface area contributed by atoms with E-state index >= 15 is 0 Å². The van der Waals surface area contributed by atoms with Crippen molar-refractivity contribution in [3.63, 3.8) is 0 Å². The molecule has 0 aliphatic carbocycles. The van der Waals surface area contributed by atoms with Crippen molar-refractivity contribution in [2.45, 2.75) is 33.4 Å². The zero-order chi connectivity index (χ0) is 11.7. The van der Waals surface area contributed by atoms with Crippen LogP contribution in [0.15, 0.2) is 18.3 Å². The molecule has 0 radical (unpaired) electrons. The maximum Gasteiger partial charge on any atom is 0.418 e. The van der Waals surface area contributed by atoms with Crippen molar-refractivity contribution in [3.8, 4) is 0 Å². The molecule has 1 rings (SSSR count). The number of alkyl halides is 3. The minimum absolute atomic E-state index is 0.123. The average molecular weight is 217 g/mol. The Labute approximate surface area is 87.3 Å². The third-order valence-corrected chi connectivity index (χ3v) is 1.89. The van der Waals surface area contributed by atoms with E-state index in [1.165, 1.54) is 12.3 Å². The van der Waals surface area contributed by atoms with E-state index in [1.807, 2.05) is 20.8 Å². The van der Waals surface area contributed by atoms with Crippen LogP contribution in [0.4, 0.5) is 13.2 Å². The highest BCUT2D eigenvalue weighted by molar-refractivity contribution is 5.23. The second-order valence-corrected chi connectivity index (χ2v) is 4.73. The van der Waals surface area contributed by atoms with Gasteiger partial charge in [-0.25, -0.2) is 0 Å². The molecule has 0 bridgehead atoms. The molecule has 0 fully saturated rings. The fourth-order valence-corrected chi connectivity index (χ4v) is 1.34. The predicted octanol–water partition coefficient (Wildman–Crippen LogP) is 3.69. The van der Waals surface area contributed by atoms with Crippen LogP contribution in [0.3, 0.4) is 0 Å². The maximum absolute atomic E-state index is 12.6. The van der Waals surface area contributed by atoms with Crippen molar-refractivity contribution in [1.29, 1.82) is 0 Å².